The molecule has 1 aromatic rings. The molecule has 2 rings (SSSR count). The van der Waals surface area contributed by atoms with Gasteiger partial charge in [0.05, 0.1) is 12.6 Å². The van der Waals surface area contributed by atoms with Crippen LogP contribution in [0.25, 0.3) is 0 Å². The Morgan fingerprint density at radius 1 is 1.30 bits per heavy atom. The first-order valence-electron chi connectivity index (χ1n) is 7.44. The number of benzene rings is 1. The van der Waals surface area contributed by atoms with Crippen LogP contribution < -0.4 is 10.6 Å². The van der Waals surface area contributed by atoms with Crippen LogP contribution in [-0.4, -0.2) is 43.5 Å². The summed E-state index contributed by atoms with van der Waals surface area (Å²) in [7, 11) is 0. The Labute approximate surface area is 121 Å². The third kappa shape index (κ3) is 4.62. The van der Waals surface area contributed by atoms with Crippen LogP contribution in [0.5, 0.6) is 0 Å². The highest BCUT2D eigenvalue weighted by Crippen LogP contribution is 2.12. The molecular formula is C16H25N3O. The van der Waals surface area contributed by atoms with E-state index in [1.807, 2.05) is 6.92 Å². The Bertz CT molecular complexity index is 422. The number of carbonyl (C=O) groups excluding carboxylic acids is 1. The smallest absolute Gasteiger partial charge is 0.234 e. The van der Waals surface area contributed by atoms with Gasteiger partial charge in [0.1, 0.15) is 0 Å². The summed E-state index contributed by atoms with van der Waals surface area (Å²) in [6.07, 6.45) is 1.11. The van der Waals surface area contributed by atoms with Gasteiger partial charge in [-0.15, -0.1) is 0 Å². The Morgan fingerprint density at radius 2 is 2.05 bits per heavy atom. The minimum atomic E-state index is 0.0632. The normalized spacial score (nSPS) is 18.3. The van der Waals surface area contributed by atoms with Crippen LogP contribution in [0.3, 0.4) is 0 Å². The fourth-order valence-corrected chi connectivity index (χ4v) is 2.49. The van der Waals surface area contributed by atoms with Gasteiger partial charge in [-0.25, -0.2) is 0 Å². The van der Waals surface area contributed by atoms with Crippen molar-refractivity contribution in [2.45, 2.75) is 26.3 Å². The van der Waals surface area contributed by atoms with Crippen LogP contribution in [-0.2, 0) is 4.79 Å². The first-order chi connectivity index (χ1) is 9.65. The molecule has 0 saturated carbocycles. The fraction of sp³-hybridized carbons (Fsp3) is 0.562. The summed E-state index contributed by atoms with van der Waals surface area (Å²) in [5.74, 6) is 0.111. The Hall–Kier alpha value is -1.39. The van der Waals surface area contributed by atoms with E-state index in [9.17, 15) is 4.79 Å². The van der Waals surface area contributed by atoms with Crippen molar-refractivity contribution in [3.05, 3.63) is 35.4 Å². The molecule has 0 radical (unpaired) electrons. The molecule has 1 saturated heterocycles. The van der Waals surface area contributed by atoms with Crippen molar-refractivity contribution in [1.82, 2.24) is 15.5 Å². The van der Waals surface area contributed by atoms with E-state index in [0.717, 1.165) is 38.2 Å². The van der Waals surface area contributed by atoms with Crippen LogP contribution in [0.15, 0.2) is 24.3 Å². The topological polar surface area (TPSA) is 44.4 Å². The van der Waals surface area contributed by atoms with Gasteiger partial charge in [-0.05, 0) is 38.9 Å². The lowest BCUT2D eigenvalue weighted by Gasteiger charge is -2.21. The molecule has 0 aromatic heterocycles. The molecule has 0 aliphatic carbocycles. The van der Waals surface area contributed by atoms with Gasteiger partial charge in [-0.3, -0.25) is 9.69 Å². The zero-order valence-electron chi connectivity index (χ0n) is 12.5. The second-order valence-corrected chi connectivity index (χ2v) is 5.58. The Kier molecular flexibility index (Phi) is 5.56. The van der Waals surface area contributed by atoms with Crippen LogP contribution in [0, 0.1) is 6.92 Å². The van der Waals surface area contributed by atoms with Crippen molar-refractivity contribution in [2.75, 3.05) is 32.7 Å². The molecule has 1 aromatic carbocycles. The molecule has 0 bridgehead atoms. The third-order valence-corrected chi connectivity index (χ3v) is 3.75. The average molecular weight is 275 g/mol. The number of nitrogens with one attached hydrogen (secondary N) is 2. The maximum absolute atomic E-state index is 12.1. The number of hydrogen-bond acceptors (Lipinski definition) is 3. The molecular weight excluding hydrogens is 250 g/mol. The standard InChI is InChI=1S/C16H25N3O/c1-13-4-6-15(7-5-13)14(2)18-16(20)12-19-10-3-8-17-9-11-19/h4-7,14,17H,3,8-12H2,1-2H3,(H,18,20)/t14-/m0/s1. The number of amides is 1. The van der Waals surface area contributed by atoms with Crippen molar-refractivity contribution >= 4 is 5.91 Å². The van der Waals surface area contributed by atoms with Gasteiger partial charge in [-0.1, -0.05) is 29.8 Å². The lowest BCUT2D eigenvalue weighted by atomic mass is 10.1. The summed E-state index contributed by atoms with van der Waals surface area (Å²) in [6.45, 7) is 8.58. The number of carbonyl (C=O) groups is 1. The molecule has 1 amide bonds. The van der Waals surface area contributed by atoms with Crippen molar-refractivity contribution in [1.29, 1.82) is 0 Å². The van der Waals surface area contributed by atoms with Gasteiger partial charge < -0.3 is 10.6 Å². The van der Waals surface area contributed by atoms with E-state index in [-0.39, 0.29) is 11.9 Å². The minimum Gasteiger partial charge on any atom is -0.348 e. The van der Waals surface area contributed by atoms with Crippen molar-refractivity contribution in [2.24, 2.45) is 0 Å². The van der Waals surface area contributed by atoms with E-state index in [4.69, 9.17) is 0 Å². The molecule has 20 heavy (non-hydrogen) atoms. The summed E-state index contributed by atoms with van der Waals surface area (Å²) in [6, 6.07) is 8.39. The van der Waals surface area contributed by atoms with E-state index in [1.54, 1.807) is 0 Å². The maximum Gasteiger partial charge on any atom is 0.234 e. The zero-order valence-corrected chi connectivity index (χ0v) is 12.5. The van der Waals surface area contributed by atoms with E-state index >= 15 is 0 Å². The van der Waals surface area contributed by atoms with E-state index in [2.05, 4.69) is 46.7 Å². The highest BCUT2D eigenvalue weighted by molar-refractivity contribution is 5.78. The van der Waals surface area contributed by atoms with Gasteiger partial charge in [0.15, 0.2) is 0 Å². The molecule has 1 aliphatic rings. The molecule has 0 unspecified atom stereocenters. The maximum atomic E-state index is 12.1. The first-order valence-corrected chi connectivity index (χ1v) is 7.44. The monoisotopic (exact) mass is 275 g/mol. The van der Waals surface area contributed by atoms with Gasteiger partial charge >= 0.3 is 0 Å². The molecule has 1 heterocycles. The lowest BCUT2D eigenvalue weighted by Crippen LogP contribution is -2.39. The Morgan fingerprint density at radius 3 is 2.80 bits per heavy atom. The highest BCUT2D eigenvalue weighted by atomic mass is 16.2. The summed E-state index contributed by atoms with van der Waals surface area (Å²) in [5, 5.41) is 6.43. The molecule has 2 N–H and O–H groups in total. The predicted octanol–water partition coefficient (Wildman–Crippen LogP) is 1.47. The Balaban J connectivity index is 1.82. The third-order valence-electron chi connectivity index (χ3n) is 3.75. The number of nitrogens with zero attached hydrogens (tertiary/aromatic N) is 1. The average Bonchev–Trinajstić information content (AvgIpc) is 2.68. The molecule has 110 valence electrons. The largest absolute Gasteiger partial charge is 0.348 e. The van der Waals surface area contributed by atoms with E-state index in [1.165, 1.54) is 5.56 Å². The summed E-state index contributed by atoms with van der Waals surface area (Å²) < 4.78 is 0. The summed E-state index contributed by atoms with van der Waals surface area (Å²) in [4.78, 5) is 14.3. The lowest BCUT2D eigenvalue weighted by molar-refractivity contribution is -0.122. The second-order valence-electron chi connectivity index (χ2n) is 5.58. The number of hydrogen-bond donors (Lipinski definition) is 2. The predicted molar refractivity (Wildman–Crippen MR) is 81.7 cm³/mol. The minimum absolute atomic E-state index is 0.0632. The SMILES string of the molecule is Cc1ccc([C@H](C)NC(=O)CN2CCCNCC2)cc1. The second kappa shape index (κ2) is 7.41. The number of rotatable bonds is 4. The van der Waals surface area contributed by atoms with Crippen molar-refractivity contribution in [3.8, 4) is 0 Å². The first kappa shape index (κ1) is 15.0. The van der Waals surface area contributed by atoms with Crippen molar-refractivity contribution in [3.63, 3.8) is 0 Å². The molecule has 1 aliphatic heterocycles. The summed E-state index contributed by atoms with van der Waals surface area (Å²) >= 11 is 0. The van der Waals surface area contributed by atoms with Gasteiger partial charge in [0.2, 0.25) is 5.91 Å². The fourth-order valence-electron chi connectivity index (χ4n) is 2.49. The van der Waals surface area contributed by atoms with Crippen LogP contribution in [0.1, 0.15) is 30.5 Å². The highest BCUT2D eigenvalue weighted by Gasteiger charge is 2.14. The number of aryl methyl sites for hydroxylation is 1. The van der Waals surface area contributed by atoms with E-state index in [0.29, 0.717) is 6.54 Å². The molecule has 4 heteroatoms. The van der Waals surface area contributed by atoms with Crippen LogP contribution >= 0.6 is 0 Å². The molecule has 0 spiro atoms. The van der Waals surface area contributed by atoms with Crippen LogP contribution in [0.2, 0.25) is 0 Å². The van der Waals surface area contributed by atoms with Crippen molar-refractivity contribution < 1.29 is 4.79 Å². The molecule has 1 atom stereocenters. The molecule has 1 fully saturated rings. The molecule has 4 nitrogen and oxygen atoms in total. The van der Waals surface area contributed by atoms with Gasteiger partial charge in [0, 0.05) is 13.1 Å². The van der Waals surface area contributed by atoms with Gasteiger partial charge in [0.25, 0.3) is 0 Å². The quantitative estimate of drug-likeness (QED) is 0.874. The van der Waals surface area contributed by atoms with Crippen LogP contribution in [0.4, 0.5) is 0 Å². The summed E-state index contributed by atoms with van der Waals surface area (Å²) in [5.41, 5.74) is 2.39. The zero-order chi connectivity index (χ0) is 14.4. The van der Waals surface area contributed by atoms with Gasteiger partial charge in [-0.2, -0.15) is 0 Å². The van der Waals surface area contributed by atoms with E-state index < -0.39 is 0 Å².